The number of nitrogens with one attached hydrogen (secondary N) is 4. The summed E-state index contributed by atoms with van der Waals surface area (Å²) < 4.78 is 28.2. The molecule has 1 aromatic carbocycles. The number of hydrogen-bond donors (Lipinski definition) is 5. The van der Waals surface area contributed by atoms with Crippen LogP contribution in [0.4, 0.5) is 5.95 Å². The lowest BCUT2D eigenvalue weighted by molar-refractivity contribution is -0.139. The molecule has 12 nitrogen and oxygen atoms in total. The molecule has 1 fully saturated rings. The number of H-pyrrole nitrogens is 1. The summed E-state index contributed by atoms with van der Waals surface area (Å²) in [6, 6.07) is 0.995. The lowest BCUT2D eigenvalue weighted by Crippen LogP contribution is -2.57. The van der Waals surface area contributed by atoms with Gasteiger partial charge >= 0.3 is 5.97 Å². The highest BCUT2D eigenvalue weighted by Crippen LogP contribution is 2.41. The van der Waals surface area contributed by atoms with E-state index in [0.717, 1.165) is 19.4 Å². The highest BCUT2D eigenvalue weighted by Gasteiger charge is 2.47. The van der Waals surface area contributed by atoms with Crippen LogP contribution in [0.5, 0.6) is 0 Å². The van der Waals surface area contributed by atoms with Crippen LogP contribution >= 0.6 is 23.2 Å². The molecule has 1 unspecified atom stereocenters. The van der Waals surface area contributed by atoms with E-state index in [1.165, 1.54) is 18.2 Å². The van der Waals surface area contributed by atoms with Crippen molar-refractivity contribution in [3.8, 4) is 0 Å². The first-order valence-electron chi connectivity index (χ1n) is 11.5. The number of rotatable bonds is 11. The Morgan fingerprint density at radius 1 is 1.30 bits per heavy atom. The van der Waals surface area contributed by atoms with Gasteiger partial charge in [-0.1, -0.05) is 34.4 Å². The first-order valence-corrected chi connectivity index (χ1v) is 13.7. The zero-order chi connectivity index (χ0) is 26.6. The SMILES string of the molecule is O=CNC(C1=NOC2(CCC(CNc3ncc[nH]3)CC2)C1)[C@H](NS(=O)(=O)c1c(Cl)cccc1Cl)C(=O)O. The van der Waals surface area contributed by atoms with Crippen LogP contribution in [0.3, 0.4) is 0 Å². The van der Waals surface area contributed by atoms with Gasteiger partial charge in [0.05, 0.1) is 21.8 Å². The Morgan fingerprint density at radius 3 is 2.59 bits per heavy atom. The van der Waals surface area contributed by atoms with E-state index in [1.807, 2.05) is 0 Å². The molecule has 1 amide bonds. The smallest absolute Gasteiger partial charge is 0.324 e. The topological polar surface area (TPSA) is 175 Å². The van der Waals surface area contributed by atoms with Gasteiger partial charge in [-0.05, 0) is 43.7 Å². The third-order valence-corrected chi connectivity index (χ3v) is 9.00. The Hall–Kier alpha value is -2.87. The van der Waals surface area contributed by atoms with Crippen LogP contribution in [0, 0.1) is 5.92 Å². The average Bonchev–Trinajstić information content (AvgIpc) is 3.51. The average molecular weight is 573 g/mol. The molecule has 4 rings (SSSR count). The van der Waals surface area contributed by atoms with Crippen LogP contribution in [0.25, 0.3) is 0 Å². The summed E-state index contributed by atoms with van der Waals surface area (Å²) in [7, 11) is -4.49. The van der Waals surface area contributed by atoms with Gasteiger partial charge in [-0.15, -0.1) is 0 Å². The molecule has 1 saturated carbocycles. The van der Waals surface area contributed by atoms with Crippen molar-refractivity contribution in [2.75, 3.05) is 11.9 Å². The van der Waals surface area contributed by atoms with Gasteiger partial charge in [0, 0.05) is 25.4 Å². The first kappa shape index (κ1) is 27.2. The normalized spacial score (nSPS) is 23.1. The molecule has 200 valence electrons. The number of oxime groups is 1. The number of hydrogen-bond acceptors (Lipinski definition) is 8. The fraction of sp³-hybridized carbons (Fsp3) is 0.455. The number of benzene rings is 1. The van der Waals surface area contributed by atoms with Crippen molar-refractivity contribution in [2.45, 2.75) is 54.7 Å². The number of nitrogens with zero attached hydrogens (tertiary/aromatic N) is 2. The Bertz CT molecular complexity index is 1240. The number of amides is 1. The van der Waals surface area contributed by atoms with Crippen molar-refractivity contribution in [3.63, 3.8) is 0 Å². The quantitative estimate of drug-likeness (QED) is 0.255. The summed E-state index contributed by atoms with van der Waals surface area (Å²) >= 11 is 12.1. The van der Waals surface area contributed by atoms with Gasteiger partial charge in [-0.2, -0.15) is 4.72 Å². The van der Waals surface area contributed by atoms with Crippen molar-refractivity contribution in [2.24, 2.45) is 11.1 Å². The highest BCUT2D eigenvalue weighted by atomic mass is 35.5. The third kappa shape index (κ3) is 6.17. The molecular formula is C22H26Cl2N6O6S. The minimum Gasteiger partial charge on any atom is -0.480 e. The van der Waals surface area contributed by atoms with Gasteiger partial charge in [-0.3, -0.25) is 9.59 Å². The number of halogens is 2. The van der Waals surface area contributed by atoms with Crippen molar-refractivity contribution in [1.82, 2.24) is 20.0 Å². The van der Waals surface area contributed by atoms with Crippen molar-refractivity contribution in [1.29, 1.82) is 0 Å². The molecule has 2 aromatic rings. The number of anilines is 1. The molecule has 2 heterocycles. The van der Waals surface area contributed by atoms with Gasteiger partial charge in [0.15, 0.2) is 5.95 Å². The van der Waals surface area contributed by atoms with E-state index in [2.05, 4.69) is 30.5 Å². The van der Waals surface area contributed by atoms with Crippen LogP contribution < -0.4 is 15.4 Å². The second-order valence-corrected chi connectivity index (χ2v) is 11.5. The summed E-state index contributed by atoms with van der Waals surface area (Å²) in [5.41, 5.74) is -0.424. The minimum atomic E-state index is -4.49. The molecule has 0 bridgehead atoms. The number of aromatic amines is 1. The Labute approximate surface area is 223 Å². The number of aromatic nitrogens is 2. The van der Waals surface area contributed by atoms with Crippen molar-refractivity contribution in [3.05, 3.63) is 40.6 Å². The number of sulfonamides is 1. The lowest BCUT2D eigenvalue weighted by atomic mass is 9.75. The van der Waals surface area contributed by atoms with Gasteiger partial charge in [0.2, 0.25) is 16.4 Å². The summed E-state index contributed by atoms with van der Waals surface area (Å²) in [5, 5.41) is 19.3. The van der Waals surface area contributed by atoms with Crippen LogP contribution in [0.15, 0.2) is 40.6 Å². The molecule has 1 aliphatic carbocycles. The van der Waals surface area contributed by atoms with E-state index >= 15 is 0 Å². The van der Waals surface area contributed by atoms with Gasteiger partial charge in [-0.25, -0.2) is 13.4 Å². The van der Waals surface area contributed by atoms with Crippen LogP contribution in [-0.4, -0.2) is 65.8 Å². The van der Waals surface area contributed by atoms with E-state index in [9.17, 15) is 23.1 Å². The van der Waals surface area contributed by atoms with Crippen LogP contribution in [-0.2, 0) is 24.4 Å². The molecule has 1 aromatic heterocycles. The fourth-order valence-electron chi connectivity index (χ4n) is 4.68. The second-order valence-electron chi connectivity index (χ2n) is 9.05. The Morgan fingerprint density at radius 2 is 2.00 bits per heavy atom. The van der Waals surface area contributed by atoms with E-state index in [1.54, 1.807) is 12.4 Å². The van der Waals surface area contributed by atoms with E-state index in [4.69, 9.17) is 28.0 Å². The molecule has 1 aliphatic heterocycles. The largest absolute Gasteiger partial charge is 0.480 e. The number of carboxylic acids is 1. The standard InChI is InChI=1S/C22H26Cl2N6O6S/c23-14-2-1-3-15(24)19(14)37(34,35)30-18(20(32)33)17(28-12-31)16-10-22(36-29-16)6-4-13(5-7-22)11-27-21-25-8-9-26-21/h1-3,8-9,12-13,17-18,30H,4-7,10-11H2,(H,28,31)(H,32,33)(H2,25,26,27)/t13?,17?,18-,22?/m0/s1. The predicted molar refractivity (Wildman–Crippen MR) is 136 cm³/mol. The Balaban J connectivity index is 1.45. The van der Waals surface area contributed by atoms with E-state index in [0.29, 0.717) is 31.1 Å². The molecule has 0 saturated heterocycles. The fourth-order valence-corrected chi connectivity index (χ4v) is 7.03. The number of aliphatic carboxylic acids is 1. The summed E-state index contributed by atoms with van der Waals surface area (Å²) in [4.78, 5) is 36.0. The van der Waals surface area contributed by atoms with Crippen LogP contribution in [0.2, 0.25) is 10.0 Å². The molecule has 2 atom stereocenters. The third-order valence-electron chi connectivity index (χ3n) is 6.61. The van der Waals surface area contributed by atoms with Crippen molar-refractivity contribution >= 4 is 57.3 Å². The van der Waals surface area contributed by atoms with Crippen molar-refractivity contribution < 1.29 is 28.0 Å². The number of carboxylic acid groups (broad SMARTS) is 1. The molecule has 2 aliphatic rings. The predicted octanol–water partition coefficient (Wildman–Crippen LogP) is 2.38. The monoisotopic (exact) mass is 572 g/mol. The number of carbonyl (C=O) groups is 2. The summed E-state index contributed by atoms with van der Waals surface area (Å²) in [5.74, 6) is -0.445. The summed E-state index contributed by atoms with van der Waals surface area (Å²) in [6.07, 6.45) is 6.94. The molecule has 5 N–H and O–H groups in total. The number of carbonyl (C=O) groups excluding carboxylic acids is 1. The molecule has 1 spiro atoms. The number of imidazole rings is 1. The molecule has 0 radical (unpaired) electrons. The van der Waals surface area contributed by atoms with Gasteiger partial charge in [0.1, 0.15) is 16.5 Å². The lowest BCUT2D eigenvalue weighted by Gasteiger charge is -2.35. The summed E-state index contributed by atoms with van der Waals surface area (Å²) in [6.45, 7) is 0.736. The molecule has 15 heteroatoms. The zero-order valence-corrected chi connectivity index (χ0v) is 21.8. The minimum absolute atomic E-state index is 0.178. The maximum absolute atomic E-state index is 13.0. The molecule has 37 heavy (non-hydrogen) atoms. The second kappa shape index (κ2) is 11.3. The van der Waals surface area contributed by atoms with Gasteiger partial charge in [0.25, 0.3) is 0 Å². The zero-order valence-electron chi connectivity index (χ0n) is 19.5. The van der Waals surface area contributed by atoms with Crippen LogP contribution in [0.1, 0.15) is 32.1 Å². The maximum atomic E-state index is 13.0. The maximum Gasteiger partial charge on any atom is 0.324 e. The highest BCUT2D eigenvalue weighted by molar-refractivity contribution is 7.89. The van der Waals surface area contributed by atoms with E-state index in [-0.39, 0.29) is 22.2 Å². The molecular weight excluding hydrogens is 547 g/mol. The first-order chi connectivity index (χ1) is 17.6. The van der Waals surface area contributed by atoms with E-state index < -0.39 is 38.6 Å². The van der Waals surface area contributed by atoms with Gasteiger partial charge < -0.3 is 25.6 Å². The Kier molecular flexibility index (Phi) is 8.26.